The van der Waals surface area contributed by atoms with E-state index < -0.39 is 8.07 Å². The van der Waals surface area contributed by atoms with E-state index >= 15 is 0 Å². The molecule has 0 saturated carbocycles. The Morgan fingerprint density at radius 3 is 1.80 bits per heavy atom. The van der Waals surface area contributed by atoms with Crippen LogP contribution in [0.3, 0.4) is 0 Å². The molecule has 1 aliphatic heterocycles. The Morgan fingerprint density at radius 1 is 0.473 bits per heavy atom. The van der Waals surface area contributed by atoms with Crippen molar-refractivity contribution in [3.05, 3.63) is 200 Å². The second-order valence-electron chi connectivity index (χ2n) is 14.3. The van der Waals surface area contributed by atoms with Crippen LogP contribution in [-0.4, -0.2) is 17.6 Å². The van der Waals surface area contributed by atoms with E-state index in [1.165, 1.54) is 54.3 Å². The van der Waals surface area contributed by atoms with E-state index in [-0.39, 0.29) is 0 Å². The molecule has 0 bridgehead atoms. The van der Waals surface area contributed by atoms with Crippen LogP contribution in [0.1, 0.15) is 5.56 Å². The van der Waals surface area contributed by atoms with Gasteiger partial charge in [-0.3, -0.25) is 4.57 Å². The fourth-order valence-corrected chi connectivity index (χ4v) is 14.5. The number of aromatic nitrogens is 2. The highest BCUT2D eigenvalue weighted by molar-refractivity contribution is 7.98. The second-order valence-corrected chi connectivity index (χ2v) is 19.1. The molecule has 55 heavy (non-hydrogen) atoms. The summed E-state index contributed by atoms with van der Waals surface area (Å²) < 4.78 is 8.55. The third-order valence-corrected chi connectivity index (χ3v) is 17.0. The van der Waals surface area contributed by atoms with Gasteiger partial charge >= 0.3 is 0 Å². The van der Waals surface area contributed by atoms with Crippen LogP contribution in [0.2, 0.25) is 0 Å². The van der Waals surface area contributed by atoms with Crippen molar-refractivity contribution in [2.24, 2.45) is 0 Å². The van der Waals surface area contributed by atoms with Gasteiger partial charge in [-0.25, -0.2) is 4.98 Å². The largest absolute Gasteiger partial charge is 0.456 e. The van der Waals surface area contributed by atoms with Crippen LogP contribution in [0.5, 0.6) is 0 Å². The topological polar surface area (TPSA) is 31.0 Å². The summed E-state index contributed by atoms with van der Waals surface area (Å²) in [6.45, 7) is 0. The molecule has 0 atom stereocenters. The number of para-hydroxylation sites is 3. The van der Waals surface area contributed by atoms with Crippen LogP contribution >= 0.6 is 11.8 Å². The van der Waals surface area contributed by atoms with Crippen molar-refractivity contribution in [3.8, 4) is 27.9 Å². The van der Waals surface area contributed by atoms with Crippen molar-refractivity contribution in [1.29, 1.82) is 0 Å². The molecule has 0 saturated heterocycles. The average Bonchev–Trinajstić information content (AvgIpc) is 3.83. The lowest BCUT2D eigenvalue weighted by Crippen LogP contribution is -2.74. The lowest BCUT2D eigenvalue weighted by Gasteiger charge is -2.35. The molecular formula is C50H34N2OSSi. The first-order chi connectivity index (χ1) is 27.2. The first kappa shape index (κ1) is 32.1. The fourth-order valence-electron chi connectivity index (χ4n) is 8.70. The maximum atomic E-state index is 6.21. The molecule has 0 fully saturated rings. The number of nitrogens with zero attached hydrogens (tertiary/aromatic N) is 2. The van der Waals surface area contributed by atoms with Crippen LogP contribution in [0, 0.1) is 0 Å². The minimum atomic E-state index is -2.86. The number of fused-ring (bicyclic) bond motifs is 8. The van der Waals surface area contributed by atoms with Crippen molar-refractivity contribution in [3.63, 3.8) is 0 Å². The Balaban J connectivity index is 1.11. The standard InChI is InChI=1S/C50H34N2OSSi/c1-3-15-39(16-4-1)55(40-17-5-2-6-18-40,41-19-11-13-34(29-41)36-27-28-49-44(31-36)43-21-7-10-24-48(43)53-49)42-20-12-14-35(30-42)37-25-26-38-33-54-50-51-45-22-8-9-23-46(45)52(50)47(38)32-37/h1-32H,33H2. The zero-order chi connectivity index (χ0) is 36.3. The molecule has 0 aliphatic carbocycles. The maximum Gasteiger partial charge on any atom is 0.179 e. The molecule has 10 aromatic rings. The summed E-state index contributed by atoms with van der Waals surface area (Å²) in [5.74, 6) is 0.914. The van der Waals surface area contributed by atoms with Crippen LogP contribution in [0.25, 0.3) is 60.9 Å². The molecule has 5 heteroatoms. The molecule has 0 N–H and O–H groups in total. The first-order valence-electron chi connectivity index (χ1n) is 18.7. The summed E-state index contributed by atoms with van der Waals surface area (Å²) >= 11 is 1.81. The van der Waals surface area contributed by atoms with E-state index in [4.69, 9.17) is 9.40 Å². The molecule has 0 unspecified atom stereocenters. The van der Waals surface area contributed by atoms with Gasteiger partial charge < -0.3 is 4.42 Å². The summed E-state index contributed by atoms with van der Waals surface area (Å²) in [7, 11) is -2.86. The molecule has 0 spiro atoms. The van der Waals surface area contributed by atoms with E-state index in [1.54, 1.807) is 0 Å². The predicted molar refractivity (Wildman–Crippen MR) is 232 cm³/mol. The summed E-state index contributed by atoms with van der Waals surface area (Å²) in [4.78, 5) is 4.98. The third kappa shape index (κ3) is 5.15. The third-order valence-electron chi connectivity index (χ3n) is 11.3. The fraction of sp³-hybridized carbons (Fsp3) is 0.0200. The van der Waals surface area contributed by atoms with E-state index in [9.17, 15) is 0 Å². The number of furan rings is 1. The Hall–Kier alpha value is -6.40. The van der Waals surface area contributed by atoms with Crippen LogP contribution < -0.4 is 20.7 Å². The Kier molecular flexibility index (Phi) is 7.51. The lowest BCUT2D eigenvalue weighted by atomic mass is 10.0. The summed E-state index contributed by atoms with van der Waals surface area (Å²) in [5.41, 5.74) is 11.3. The van der Waals surface area contributed by atoms with Gasteiger partial charge in [-0.15, -0.1) is 0 Å². The molecule has 0 radical (unpaired) electrons. The zero-order valence-electron chi connectivity index (χ0n) is 29.9. The number of hydrogen-bond donors (Lipinski definition) is 0. The van der Waals surface area contributed by atoms with Crippen molar-refractivity contribution in [1.82, 2.24) is 9.55 Å². The van der Waals surface area contributed by atoms with Crippen LogP contribution in [-0.2, 0) is 5.75 Å². The van der Waals surface area contributed by atoms with E-state index in [0.29, 0.717) is 0 Å². The smallest absolute Gasteiger partial charge is 0.179 e. The van der Waals surface area contributed by atoms with Gasteiger partial charge in [0.25, 0.3) is 0 Å². The molecule has 3 heterocycles. The molecule has 1 aliphatic rings. The number of rotatable bonds is 6. The number of benzene rings is 8. The second kappa shape index (κ2) is 12.9. The lowest BCUT2D eigenvalue weighted by molar-refractivity contribution is 0.669. The van der Waals surface area contributed by atoms with Gasteiger partial charge in [0.2, 0.25) is 0 Å². The van der Waals surface area contributed by atoms with Crippen LogP contribution in [0.15, 0.2) is 204 Å². The van der Waals surface area contributed by atoms with Gasteiger partial charge in [-0.1, -0.05) is 169 Å². The minimum Gasteiger partial charge on any atom is -0.456 e. The van der Waals surface area contributed by atoms with Gasteiger partial charge in [0.15, 0.2) is 13.2 Å². The SMILES string of the molecule is c1ccc([Si](c2ccccc2)(c2cccc(-c3ccc4c(c3)-n3c(nc5ccccc53)SC4)c2)c2cccc(-c3ccc4oc5ccccc5c4c3)c2)cc1. The Labute approximate surface area is 324 Å². The van der Waals surface area contributed by atoms with E-state index in [2.05, 4.69) is 187 Å². The number of thioether (sulfide) groups is 1. The summed E-state index contributed by atoms with van der Waals surface area (Å²) in [6, 6.07) is 71.4. The Morgan fingerprint density at radius 2 is 1.05 bits per heavy atom. The zero-order valence-corrected chi connectivity index (χ0v) is 31.7. The van der Waals surface area contributed by atoms with E-state index in [0.717, 1.165) is 43.9 Å². The van der Waals surface area contributed by atoms with E-state index in [1.807, 2.05) is 23.9 Å². The Bertz CT molecular complexity index is 3020. The van der Waals surface area contributed by atoms with Gasteiger partial charge in [0, 0.05) is 16.5 Å². The highest BCUT2D eigenvalue weighted by Gasteiger charge is 2.41. The van der Waals surface area contributed by atoms with Gasteiger partial charge in [-0.05, 0) is 85.0 Å². The van der Waals surface area contributed by atoms with Gasteiger partial charge in [0.05, 0.1) is 16.7 Å². The minimum absolute atomic E-state index is 0.911. The van der Waals surface area contributed by atoms with Crippen molar-refractivity contribution < 1.29 is 4.42 Å². The maximum absolute atomic E-state index is 6.21. The normalized spacial score (nSPS) is 12.6. The van der Waals surface area contributed by atoms with Gasteiger partial charge in [0.1, 0.15) is 11.2 Å². The molecule has 0 amide bonds. The van der Waals surface area contributed by atoms with Crippen molar-refractivity contribution >= 4 is 73.6 Å². The number of imidazole rings is 1. The average molecular weight is 739 g/mol. The molecule has 8 aromatic carbocycles. The summed E-state index contributed by atoms with van der Waals surface area (Å²) in [5, 5.41) is 8.72. The first-order valence-corrected chi connectivity index (χ1v) is 21.7. The highest BCUT2D eigenvalue weighted by atomic mass is 32.2. The molecular weight excluding hydrogens is 705 g/mol. The molecule has 260 valence electrons. The van der Waals surface area contributed by atoms with Gasteiger partial charge in [-0.2, -0.15) is 0 Å². The summed E-state index contributed by atoms with van der Waals surface area (Å²) in [6.07, 6.45) is 0. The molecule has 3 nitrogen and oxygen atoms in total. The van der Waals surface area contributed by atoms with Crippen LogP contribution in [0.4, 0.5) is 0 Å². The molecule has 2 aromatic heterocycles. The van der Waals surface area contributed by atoms with Crippen molar-refractivity contribution in [2.45, 2.75) is 10.9 Å². The van der Waals surface area contributed by atoms with Crippen molar-refractivity contribution in [2.75, 3.05) is 0 Å². The quantitative estimate of drug-likeness (QED) is 0.126. The molecule has 11 rings (SSSR count). The monoisotopic (exact) mass is 738 g/mol. The predicted octanol–water partition coefficient (Wildman–Crippen LogP) is 10.2. The highest BCUT2D eigenvalue weighted by Crippen LogP contribution is 2.39. The number of hydrogen-bond acceptors (Lipinski definition) is 3.